The highest BCUT2D eigenvalue weighted by Gasteiger charge is 2.56. The minimum atomic E-state index is -1.15. The molecule has 44 heavy (non-hydrogen) atoms. The fourth-order valence-electron chi connectivity index (χ4n) is 8.56. The maximum absolute atomic E-state index is 13.9. The first-order valence-corrected chi connectivity index (χ1v) is 17.0. The summed E-state index contributed by atoms with van der Waals surface area (Å²) in [6.45, 7) is 5.20. The lowest BCUT2D eigenvalue weighted by Crippen LogP contribution is -2.62. The van der Waals surface area contributed by atoms with Gasteiger partial charge >= 0.3 is 0 Å². The molecule has 0 radical (unpaired) electrons. The van der Waals surface area contributed by atoms with Gasteiger partial charge in [0.05, 0.1) is 30.9 Å². The molecule has 2 saturated heterocycles. The van der Waals surface area contributed by atoms with E-state index >= 15 is 0 Å². The van der Waals surface area contributed by atoms with E-state index in [9.17, 15) is 19.5 Å². The number of morpholine rings is 1. The monoisotopic (exact) mass is 603 g/mol. The molecule has 1 aromatic heterocycles. The highest BCUT2D eigenvalue weighted by molar-refractivity contribution is 6.00. The molecule has 2 unspecified atom stereocenters. The molecule has 238 valence electrons. The zero-order chi connectivity index (χ0) is 30.7. The van der Waals surface area contributed by atoms with Gasteiger partial charge < -0.3 is 24.2 Å². The Morgan fingerprint density at radius 1 is 0.955 bits per heavy atom. The van der Waals surface area contributed by atoms with Crippen LogP contribution in [0.3, 0.4) is 0 Å². The molecule has 2 amide bonds. The lowest BCUT2D eigenvalue weighted by molar-refractivity contribution is -0.163. The first-order valence-electron chi connectivity index (χ1n) is 17.0. The Bertz CT molecular complexity index is 1370. The fraction of sp³-hybridized carbons (Fsp3) is 0.639. The van der Waals surface area contributed by atoms with Gasteiger partial charge in [-0.2, -0.15) is 0 Å². The first-order chi connectivity index (χ1) is 21.3. The molecule has 1 spiro atoms. The molecule has 4 aliphatic rings. The van der Waals surface area contributed by atoms with Gasteiger partial charge in [-0.15, -0.1) is 0 Å². The van der Waals surface area contributed by atoms with E-state index in [0.29, 0.717) is 62.9 Å². The van der Waals surface area contributed by atoms with Crippen molar-refractivity contribution in [3.63, 3.8) is 0 Å². The van der Waals surface area contributed by atoms with Gasteiger partial charge in [-0.25, -0.2) is 0 Å². The Morgan fingerprint density at radius 2 is 1.66 bits per heavy atom. The number of likely N-dealkylation sites (tertiary alicyclic amines) is 1. The van der Waals surface area contributed by atoms with Crippen LogP contribution in [0.2, 0.25) is 0 Å². The van der Waals surface area contributed by atoms with E-state index in [1.165, 1.54) is 32.1 Å². The summed E-state index contributed by atoms with van der Waals surface area (Å²) in [5.41, 5.74) is 0.0445. The summed E-state index contributed by atoms with van der Waals surface area (Å²) >= 11 is 0. The number of aromatic nitrogens is 1. The van der Waals surface area contributed by atoms with Crippen molar-refractivity contribution in [2.24, 2.45) is 17.3 Å². The molecular formula is C36H49N3O5. The third-order valence-corrected chi connectivity index (χ3v) is 11.2. The minimum Gasteiger partial charge on any atom is -0.387 e. The number of pyridine rings is 1. The van der Waals surface area contributed by atoms with Crippen molar-refractivity contribution >= 4 is 11.8 Å². The lowest BCUT2D eigenvalue weighted by atomic mass is 9.65. The highest BCUT2D eigenvalue weighted by atomic mass is 16.5. The third-order valence-electron chi connectivity index (χ3n) is 11.2. The lowest BCUT2D eigenvalue weighted by Gasteiger charge is -2.53. The molecular weight excluding hydrogens is 554 g/mol. The van der Waals surface area contributed by atoms with Crippen LogP contribution in [0.15, 0.2) is 47.4 Å². The van der Waals surface area contributed by atoms with Crippen LogP contribution in [0.1, 0.15) is 87.9 Å². The number of ether oxygens (including phenoxy) is 1. The summed E-state index contributed by atoms with van der Waals surface area (Å²) < 4.78 is 7.04. The van der Waals surface area contributed by atoms with Gasteiger partial charge in [-0.3, -0.25) is 14.4 Å². The van der Waals surface area contributed by atoms with Crippen LogP contribution < -0.4 is 5.56 Å². The van der Waals surface area contributed by atoms with Crippen molar-refractivity contribution in [1.82, 2.24) is 14.4 Å². The van der Waals surface area contributed by atoms with Gasteiger partial charge in [0.25, 0.3) is 11.5 Å². The van der Waals surface area contributed by atoms with E-state index in [1.54, 1.807) is 21.7 Å². The number of aliphatic hydroxyl groups is 1. The third kappa shape index (κ3) is 6.25. The molecule has 6 rings (SSSR count). The van der Waals surface area contributed by atoms with Crippen LogP contribution in [0.25, 0.3) is 11.1 Å². The number of hydrogen-bond donors (Lipinski definition) is 1. The first kappa shape index (κ1) is 31.0. The normalized spacial score (nSPS) is 24.9. The summed E-state index contributed by atoms with van der Waals surface area (Å²) in [6, 6.07) is 11.1. The molecule has 2 atom stereocenters. The number of piperidine rings is 1. The molecule has 2 aliphatic carbocycles. The van der Waals surface area contributed by atoms with Crippen LogP contribution in [0, 0.1) is 17.3 Å². The summed E-state index contributed by atoms with van der Waals surface area (Å²) in [7, 11) is 0. The van der Waals surface area contributed by atoms with Gasteiger partial charge in [0.2, 0.25) is 5.91 Å². The number of nitrogens with zero attached hydrogens (tertiary/aromatic N) is 3. The largest absolute Gasteiger partial charge is 0.387 e. The molecule has 1 N–H and O–H groups in total. The van der Waals surface area contributed by atoms with Crippen molar-refractivity contribution in [2.45, 2.75) is 89.7 Å². The maximum atomic E-state index is 13.9. The molecule has 8 nitrogen and oxygen atoms in total. The Kier molecular flexibility index (Phi) is 9.29. The van der Waals surface area contributed by atoms with E-state index in [-0.39, 0.29) is 29.8 Å². The number of carbonyl (C=O) groups excluding carboxylic acids is 2. The van der Waals surface area contributed by atoms with Crippen LogP contribution in [-0.4, -0.2) is 76.3 Å². The molecule has 2 aromatic rings. The van der Waals surface area contributed by atoms with E-state index < -0.39 is 11.0 Å². The van der Waals surface area contributed by atoms with E-state index in [2.05, 4.69) is 6.92 Å². The molecule has 4 fully saturated rings. The minimum absolute atomic E-state index is 0.00958. The summed E-state index contributed by atoms with van der Waals surface area (Å²) in [4.78, 5) is 45.0. The number of carbonyl (C=O) groups is 2. The smallest absolute Gasteiger partial charge is 0.256 e. The second kappa shape index (κ2) is 13.2. The van der Waals surface area contributed by atoms with Gasteiger partial charge in [-0.1, -0.05) is 82.2 Å². The Labute approximate surface area is 261 Å². The standard InChI is InChI=1S/C36H49N3O5/c1-27(22-28-10-4-2-5-11-28)33(41)38-17-16-36(43,35(25-38)14-8-9-15-35)26-39-24-31(34(42)37-18-20-44-21-19-37)30(23-32(39)40)29-12-6-3-7-13-29/h3,6-7,12-13,23-24,27-28,43H,2,4-5,8-11,14-22,25-26H2,1H3. The van der Waals surface area contributed by atoms with E-state index in [4.69, 9.17) is 4.74 Å². The molecule has 0 bridgehead atoms. The average molecular weight is 604 g/mol. The zero-order valence-corrected chi connectivity index (χ0v) is 26.3. The molecule has 1 aromatic carbocycles. The van der Waals surface area contributed by atoms with Gasteiger partial charge in [0.15, 0.2) is 0 Å². The number of hydrogen-bond acceptors (Lipinski definition) is 5. The van der Waals surface area contributed by atoms with Crippen LogP contribution in [0.5, 0.6) is 0 Å². The van der Waals surface area contributed by atoms with Gasteiger partial charge in [0.1, 0.15) is 0 Å². The molecule has 2 aliphatic heterocycles. The zero-order valence-electron chi connectivity index (χ0n) is 26.3. The number of amides is 2. The van der Waals surface area contributed by atoms with Crippen LogP contribution >= 0.6 is 0 Å². The second-order valence-corrected chi connectivity index (χ2v) is 14.0. The number of rotatable bonds is 7. The molecule has 2 saturated carbocycles. The SMILES string of the molecule is CC(CC1CCCCC1)C(=O)N1CCC(O)(Cn2cc(C(=O)N3CCOCC3)c(-c3ccccc3)cc2=O)C2(CCCC2)C1. The Hall–Kier alpha value is -2.97. The Morgan fingerprint density at radius 3 is 2.36 bits per heavy atom. The summed E-state index contributed by atoms with van der Waals surface area (Å²) in [6.07, 6.45) is 13.1. The van der Waals surface area contributed by atoms with Gasteiger partial charge in [0, 0.05) is 55.3 Å². The molecule has 8 heteroatoms. The predicted molar refractivity (Wildman–Crippen MR) is 170 cm³/mol. The summed E-state index contributed by atoms with van der Waals surface area (Å²) in [5.74, 6) is 0.720. The maximum Gasteiger partial charge on any atom is 0.256 e. The van der Waals surface area contributed by atoms with Crippen molar-refractivity contribution in [3.05, 3.63) is 58.5 Å². The predicted octanol–water partition coefficient (Wildman–Crippen LogP) is 5.12. The second-order valence-electron chi connectivity index (χ2n) is 14.0. The topological polar surface area (TPSA) is 92.1 Å². The van der Waals surface area contributed by atoms with Crippen molar-refractivity contribution in [1.29, 1.82) is 0 Å². The van der Waals surface area contributed by atoms with Crippen LogP contribution in [-0.2, 0) is 16.1 Å². The van der Waals surface area contributed by atoms with Crippen LogP contribution in [0.4, 0.5) is 0 Å². The number of benzene rings is 1. The molecule has 3 heterocycles. The Balaban J connectivity index is 1.26. The quantitative estimate of drug-likeness (QED) is 0.475. The van der Waals surface area contributed by atoms with Crippen molar-refractivity contribution in [2.75, 3.05) is 39.4 Å². The van der Waals surface area contributed by atoms with Gasteiger partial charge in [-0.05, 0) is 37.2 Å². The van der Waals surface area contributed by atoms with E-state index in [1.807, 2.05) is 35.2 Å². The highest BCUT2D eigenvalue weighted by Crippen LogP contribution is 2.52. The van der Waals surface area contributed by atoms with E-state index in [0.717, 1.165) is 37.7 Å². The van der Waals surface area contributed by atoms with Crippen molar-refractivity contribution < 1.29 is 19.4 Å². The van der Waals surface area contributed by atoms with Crippen molar-refractivity contribution in [3.8, 4) is 11.1 Å². The summed E-state index contributed by atoms with van der Waals surface area (Å²) in [5, 5.41) is 12.5. The fourth-order valence-corrected chi connectivity index (χ4v) is 8.56. The average Bonchev–Trinajstić information content (AvgIpc) is 3.54.